The van der Waals surface area contributed by atoms with E-state index in [1.165, 1.54) is 0 Å². The highest BCUT2D eigenvalue weighted by Crippen LogP contribution is 2.32. The topological polar surface area (TPSA) is 95.9 Å². The van der Waals surface area contributed by atoms with Crippen LogP contribution in [-0.4, -0.2) is 47.4 Å². The molecule has 0 aromatic rings. The first-order valence-electron chi connectivity index (χ1n) is 6.31. The molecule has 0 bridgehead atoms. The molecule has 0 unspecified atom stereocenters. The second-order valence-electron chi connectivity index (χ2n) is 4.59. The number of rotatable bonds is 8. The maximum atomic E-state index is 11.6. The van der Waals surface area contributed by atoms with Crippen LogP contribution < -0.4 is 5.32 Å². The van der Waals surface area contributed by atoms with Gasteiger partial charge in [0.1, 0.15) is 6.04 Å². The molecular formula is C12H21NO5. The van der Waals surface area contributed by atoms with Crippen molar-refractivity contribution < 1.29 is 24.5 Å². The van der Waals surface area contributed by atoms with E-state index >= 15 is 0 Å². The van der Waals surface area contributed by atoms with Crippen LogP contribution in [0.4, 0.5) is 0 Å². The number of amides is 1. The molecule has 0 aliphatic heterocycles. The Morgan fingerprint density at radius 2 is 2.11 bits per heavy atom. The molecule has 1 atom stereocenters. The van der Waals surface area contributed by atoms with E-state index in [-0.39, 0.29) is 31.0 Å². The molecule has 1 aliphatic rings. The van der Waals surface area contributed by atoms with E-state index in [2.05, 4.69) is 5.32 Å². The van der Waals surface area contributed by atoms with Gasteiger partial charge in [-0.25, -0.2) is 4.79 Å². The van der Waals surface area contributed by atoms with Crippen LogP contribution in [0, 0.1) is 5.92 Å². The molecule has 0 radical (unpaired) electrons. The minimum atomic E-state index is -1.11. The number of hydrogen-bond donors (Lipinski definition) is 3. The first-order chi connectivity index (χ1) is 8.56. The zero-order valence-corrected chi connectivity index (χ0v) is 10.6. The van der Waals surface area contributed by atoms with E-state index in [0.29, 0.717) is 13.0 Å². The van der Waals surface area contributed by atoms with Gasteiger partial charge in [0.2, 0.25) is 5.91 Å². The number of hydrogen-bond acceptors (Lipinski definition) is 4. The fourth-order valence-electron chi connectivity index (χ4n) is 2.11. The lowest BCUT2D eigenvalue weighted by Crippen LogP contribution is -2.43. The van der Waals surface area contributed by atoms with Crippen molar-refractivity contribution in [1.82, 2.24) is 5.32 Å². The van der Waals surface area contributed by atoms with E-state index < -0.39 is 12.0 Å². The van der Waals surface area contributed by atoms with Crippen LogP contribution in [0.1, 0.15) is 32.6 Å². The van der Waals surface area contributed by atoms with E-state index in [0.717, 1.165) is 12.8 Å². The van der Waals surface area contributed by atoms with Gasteiger partial charge >= 0.3 is 5.97 Å². The van der Waals surface area contributed by atoms with Crippen LogP contribution in [0.2, 0.25) is 0 Å². The average Bonchev–Trinajstić information content (AvgIpc) is 2.25. The quantitative estimate of drug-likeness (QED) is 0.576. The first-order valence-corrected chi connectivity index (χ1v) is 6.31. The Kier molecular flexibility index (Phi) is 6.07. The highest BCUT2D eigenvalue weighted by Gasteiger charge is 2.31. The van der Waals surface area contributed by atoms with Crippen molar-refractivity contribution in [2.75, 3.05) is 13.2 Å². The summed E-state index contributed by atoms with van der Waals surface area (Å²) < 4.78 is 5.39. The fourth-order valence-corrected chi connectivity index (χ4v) is 2.11. The third kappa shape index (κ3) is 4.62. The molecule has 6 heteroatoms. The summed E-state index contributed by atoms with van der Waals surface area (Å²) in [5.74, 6) is -1.10. The lowest BCUT2D eigenvalue weighted by atomic mass is 9.80. The summed E-state index contributed by atoms with van der Waals surface area (Å²) in [6.07, 6.45) is 2.34. The standard InChI is InChI=1S/C12H21NO5/c1-2-18-9-5-8(6-9)7-11(15)13-10(3-4-14)12(16)17/h8-10,14H,2-7H2,1H3,(H,13,15)(H,16,17)/t8?,9?,10-/m0/s1. The Balaban J connectivity index is 2.23. The van der Waals surface area contributed by atoms with Gasteiger partial charge in [-0.3, -0.25) is 4.79 Å². The molecule has 0 heterocycles. The molecule has 104 valence electrons. The second-order valence-corrected chi connectivity index (χ2v) is 4.59. The molecule has 0 saturated heterocycles. The van der Waals surface area contributed by atoms with E-state index in [4.69, 9.17) is 14.9 Å². The molecule has 3 N–H and O–H groups in total. The Morgan fingerprint density at radius 3 is 2.61 bits per heavy atom. The number of ether oxygens (including phenoxy) is 1. The van der Waals surface area contributed by atoms with Crippen molar-refractivity contribution in [2.24, 2.45) is 5.92 Å². The Morgan fingerprint density at radius 1 is 1.44 bits per heavy atom. The highest BCUT2D eigenvalue weighted by molar-refractivity contribution is 5.83. The molecule has 18 heavy (non-hydrogen) atoms. The molecule has 1 saturated carbocycles. The van der Waals surface area contributed by atoms with Gasteiger partial charge in [0.25, 0.3) is 0 Å². The minimum absolute atomic E-state index is 0.0350. The summed E-state index contributed by atoms with van der Waals surface area (Å²) in [6, 6.07) is -0.995. The van der Waals surface area contributed by atoms with Gasteiger partial charge in [-0.05, 0) is 25.7 Å². The first kappa shape index (κ1) is 14.9. The Hall–Kier alpha value is -1.14. The summed E-state index contributed by atoms with van der Waals surface area (Å²) in [7, 11) is 0. The lowest BCUT2D eigenvalue weighted by molar-refractivity contribution is -0.142. The van der Waals surface area contributed by atoms with Crippen LogP contribution in [0.15, 0.2) is 0 Å². The van der Waals surface area contributed by atoms with Crippen molar-refractivity contribution in [2.45, 2.75) is 44.8 Å². The summed E-state index contributed by atoms with van der Waals surface area (Å²) in [5.41, 5.74) is 0. The van der Waals surface area contributed by atoms with Crippen molar-refractivity contribution in [3.05, 3.63) is 0 Å². The maximum Gasteiger partial charge on any atom is 0.326 e. The van der Waals surface area contributed by atoms with Gasteiger partial charge in [-0.1, -0.05) is 0 Å². The third-order valence-corrected chi connectivity index (χ3v) is 3.12. The molecule has 0 aromatic heterocycles. The summed E-state index contributed by atoms with van der Waals surface area (Å²) in [5, 5.41) is 19.9. The summed E-state index contributed by atoms with van der Waals surface area (Å²) in [4.78, 5) is 22.4. The van der Waals surface area contributed by atoms with Gasteiger partial charge in [-0.15, -0.1) is 0 Å². The minimum Gasteiger partial charge on any atom is -0.480 e. The van der Waals surface area contributed by atoms with Gasteiger partial charge < -0.3 is 20.3 Å². The Bertz CT molecular complexity index is 288. The van der Waals surface area contributed by atoms with Crippen molar-refractivity contribution in [3.8, 4) is 0 Å². The number of aliphatic hydroxyl groups excluding tert-OH is 1. The van der Waals surface area contributed by atoms with E-state index in [9.17, 15) is 9.59 Å². The molecular weight excluding hydrogens is 238 g/mol. The largest absolute Gasteiger partial charge is 0.480 e. The van der Waals surface area contributed by atoms with Gasteiger partial charge in [0.15, 0.2) is 0 Å². The number of carboxylic acid groups (broad SMARTS) is 1. The third-order valence-electron chi connectivity index (χ3n) is 3.12. The van der Waals surface area contributed by atoms with Crippen LogP contribution in [-0.2, 0) is 14.3 Å². The number of nitrogens with one attached hydrogen (secondary N) is 1. The normalized spacial score (nSPS) is 24.1. The van der Waals surface area contributed by atoms with Crippen LogP contribution in [0.5, 0.6) is 0 Å². The van der Waals surface area contributed by atoms with E-state index in [1.807, 2.05) is 6.92 Å². The average molecular weight is 259 g/mol. The number of carbonyl (C=O) groups excluding carboxylic acids is 1. The predicted octanol–water partition coefficient (Wildman–Crippen LogP) is 0.143. The number of aliphatic carboxylic acids is 1. The van der Waals surface area contributed by atoms with Crippen LogP contribution >= 0.6 is 0 Å². The zero-order valence-electron chi connectivity index (χ0n) is 10.6. The number of carboxylic acids is 1. The van der Waals surface area contributed by atoms with Crippen molar-refractivity contribution in [1.29, 1.82) is 0 Å². The lowest BCUT2D eigenvalue weighted by Gasteiger charge is -2.34. The number of aliphatic hydroxyl groups is 1. The zero-order chi connectivity index (χ0) is 13.5. The second kappa shape index (κ2) is 7.33. The molecule has 0 spiro atoms. The van der Waals surface area contributed by atoms with Crippen LogP contribution in [0.25, 0.3) is 0 Å². The SMILES string of the molecule is CCOC1CC(CC(=O)N[C@@H](CCO)C(=O)O)C1. The highest BCUT2D eigenvalue weighted by atomic mass is 16.5. The summed E-state index contributed by atoms with van der Waals surface area (Å²) >= 11 is 0. The maximum absolute atomic E-state index is 11.6. The van der Waals surface area contributed by atoms with Crippen molar-refractivity contribution >= 4 is 11.9 Å². The van der Waals surface area contributed by atoms with Crippen LogP contribution in [0.3, 0.4) is 0 Å². The molecule has 1 fully saturated rings. The van der Waals surface area contributed by atoms with Gasteiger partial charge in [0, 0.05) is 26.1 Å². The molecule has 1 rings (SSSR count). The molecule has 6 nitrogen and oxygen atoms in total. The molecule has 0 aromatic carbocycles. The van der Waals surface area contributed by atoms with Crippen molar-refractivity contribution in [3.63, 3.8) is 0 Å². The molecule has 1 aliphatic carbocycles. The fraction of sp³-hybridized carbons (Fsp3) is 0.833. The smallest absolute Gasteiger partial charge is 0.326 e. The summed E-state index contributed by atoms with van der Waals surface area (Å²) in [6.45, 7) is 2.36. The Labute approximate surface area is 106 Å². The molecule has 1 amide bonds. The van der Waals surface area contributed by atoms with E-state index in [1.54, 1.807) is 0 Å². The van der Waals surface area contributed by atoms with Gasteiger partial charge in [0.05, 0.1) is 6.10 Å². The monoisotopic (exact) mass is 259 g/mol. The van der Waals surface area contributed by atoms with Gasteiger partial charge in [-0.2, -0.15) is 0 Å². The number of carbonyl (C=O) groups is 2. The predicted molar refractivity (Wildman–Crippen MR) is 64.0 cm³/mol.